The van der Waals surface area contributed by atoms with Gasteiger partial charge in [-0.1, -0.05) is 24.3 Å². The summed E-state index contributed by atoms with van der Waals surface area (Å²) in [7, 11) is 0. The van der Waals surface area contributed by atoms with E-state index in [1.54, 1.807) is 0 Å². The number of para-hydroxylation sites is 2. The summed E-state index contributed by atoms with van der Waals surface area (Å²) in [5.41, 5.74) is 5.68. The Morgan fingerprint density at radius 3 is 2.33 bits per heavy atom. The normalized spacial score (nSPS) is 18.5. The van der Waals surface area contributed by atoms with Gasteiger partial charge in [0.2, 0.25) is 0 Å². The second-order valence-electron chi connectivity index (χ2n) is 10.1. The smallest absolute Gasteiger partial charge is 0.175 e. The summed E-state index contributed by atoms with van der Waals surface area (Å²) >= 11 is 3.69. The summed E-state index contributed by atoms with van der Waals surface area (Å²) in [6, 6.07) is 19.9. The number of carbonyl (C=O) groups excluding carboxylic acids is 1. The van der Waals surface area contributed by atoms with E-state index < -0.39 is 0 Å². The van der Waals surface area contributed by atoms with Gasteiger partial charge in [-0.05, 0) is 103 Å². The highest BCUT2D eigenvalue weighted by Gasteiger charge is 2.36. The van der Waals surface area contributed by atoms with E-state index in [4.69, 9.17) is 14.2 Å². The third kappa shape index (κ3) is 5.78. The number of ketones is 1. The molecule has 5 rings (SSSR count). The molecule has 0 saturated heterocycles. The first-order valence-electron chi connectivity index (χ1n) is 13.6. The molecule has 2 unspecified atom stereocenters. The number of halogens is 1. The van der Waals surface area contributed by atoms with Crippen LogP contribution in [0, 0.1) is 0 Å². The van der Waals surface area contributed by atoms with Crippen LogP contribution in [-0.4, -0.2) is 25.1 Å². The van der Waals surface area contributed by atoms with E-state index in [1.807, 2.05) is 76.2 Å². The standard InChI is InChI=1S/C32H35BrN2O4/c1-5-37-29-18-22(15-24(33)32(29)38-6-2)31-30-27(34-25-9-7-8-10-26(25)35-31)16-21(17-28(30)36)20-11-13-23(14-12-20)39-19(3)4/h7-15,18-19,21,31,34-35H,5-6,16-17H2,1-4H3. The quantitative estimate of drug-likeness (QED) is 0.277. The van der Waals surface area contributed by atoms with Crippen LogP contribution in [0.5, 0.6) is 17.2 Å². The number of hydrogen-bond donors (Lipinski definition) is 2. The molecule has 2 aliphatic rings. The Hall–Kier alpha value is -3.45. The third-order valence-electron chi connectivity index (χ3n) is 6.99. The summed E-state index contributed by atoms with van der Waals surface area (Å²) in [6.45, 7) is 8.96. The lowest BCUT2D eigenvalue weighted by Gasteiger charge is -2.30. The molecule has 2 N–H and O–H groups in total. The van der Waals surface area contributed by atoms with Gasteiger partial charge in [0.1, 0.15) is 5.75 Å². The predicted molar refractivity (Wildman–Crippen MR) is 159 cm³/mol. The maximum atomic E-state index is 13.9. The van der Waals surface area contributed by atoms with Gasteiger partial charge in [-0.2, -0.15) is 0 Å². The SMILES string of the molecule is CCOc1cc(C2Nc3ccccc3NC3=C2C(=O)CC(c2ccc(OC(C)C)cc2)C3)cc(Br)c1OCC. The number of rotatable bonds is 8. The highest BCUT2D eigenvalue weighted by molar-refractivity contribution is 9.10. The number of Topliss-reactive ketones (excluding diaryl/α,β-unsaturated/α-hetero) is 1. The highest BCUT2D eigenvalue weighted by atomic mass is 79.9. The first-order chi connectivity index (χ1) is 18.9. The highest BCUT2D eigenvalue weighted by Crippen LogP contribution is 2.47. The molecular formula is C32H35BrN2O4. The van der Waals surface area contributed by atoms with E-state index in [2.05, 4.69) is 38.7 Å². The van der Waals surface area contributed by atoms with Crippen molar-refractivity contribution in [1.29, 1.82) is 0 Å². The van der Waals surface area contributed by atoms with E-state index in [0.717, 1.165) is 50.4 Å². The Labute approximate surface area is 238 Å². The summed E-state index contributed by atoms with van der Waals surface area (Å²) in [5, 5.41) is 7.28. The molecule has 1 heterocycles. The van der Waals surface area contributed by atoms with Crippen molar-refractivity contribution in [2.75, 3.05) is 23.8 Å². The molecule has 0 radical (unpaired) electrons. The van der Waals surface area contributed by atoms with Gasteiger partial charge in [-0.15, -0.1) is 0 Å². The van der Waals surface area contributed by atoms with Crippen molar-refractivity contribution in [2.45, 2.75) is 58.6 Å². The van der Waals surface area contributed by atoms with E-state index >= 15 is 0 Å². The van der Waals surface area contributed by atoms with Crippen molar-refractivity contribution in [3.05, 3.63) is 87.5 Å². The molecule has 3 aromatic carbocycles. The number of hydrogen-bond acceptors (Lipinski definition) is 6. The largest absolute Gasteiger partial charge is 0.491 e. The Morgan fingerprint density at radius 1 is 0.923 bits per heavy atom. The Balaban J connectivity index is 1.56. The molecule has 1 aliphatic carbocycles. The Morgan fingerprint density at radius 2 is 1.64 bits per heavy atom. The van der Waals surface area contributed by atoms with Crippen LogP contribution in [0.2, 0.25) is 0 Å². The fraction of sp³-hybridized carbons (Fsp3) is 0.344. The minimum Gasteiger partial charge on any atom is -0.491 e. The van der Waals surface area contributed by atoms with Crippen molar-refractivity contribution >= 4 is 33.1 Å². The molecule has 0 aromatic heterocycles. The minimum atomic E-state index is -0.349. The van der Waals surface area contributed by atoms with Crippen molar-refractivity contribution in [3.8, 4) is 17.2 Å². The van der Waals surface area contributed by atoms with Gasteiger partial charge >= 0.3 is 0 Å². The maximum absolute atomic E-state index is 13.9. The molecule has 204 valence electrons. The van der Waals surface area contributed by atoms with Crippen molar-refractivity contribution < 1.29 is 19.0 Å². The van der Waals surface area contributed by atoms with E-state index in [0.29, 0.717) is 31.1 Å². The average molecular weight is 592 g/mol. The Kier molecular flexibility index (Phi) is 8.17. The zero-order valence-electron chi connectivity index (χ0n) is 22.8. The second-order valence-corrected chi connectivity index (χ2v) is 11.0. The van der Waals surface area contributed by atoms with Gasteiger partial charge in [0.25, 0.3) is 0 Å². The van der Waals surface area contributed by atoms with E-state index in [9.17, 15) is 4.79 Å². The Bertz CT molecular complexity index is 1380. The first-order valence-corrected chi connectivity index (χ1v) is 14.4. The molecule has 1 aliphatic heterocycles. The average Bonchev–Trinajstić information content (AvgIpc) is 3.08. The molecule has 0 fully saturated rings. The van der Waals surface area contributed by atoms with Gasteiger partial charge in [-0.3, -0.25) is 4.79 Å². The number of fused-ring (bicyclic) bond motifs is 1. The molecule has 0 spiro atoms. The summed E-state index contributed by atoms with van der Waals surface area (Å²) in [4.78, 5) is 13.9. The first kappa shape index (κ1) is 27.1. The summed E-state index contributed by atoms with van der Waals surface area (Å²) < 4.78 is 18.5. The van der Waals surface area contributed by atoms with Gasteiger partial charge in [0.05, 0.1) is 41.2 Å². The number of carbonyl (C=O) groups is 1. The molecule has 6 nitrogen and oxygen atoms in total. The summed E-state index contributed by atoms with van der Waals surface area (Å²) in [6.07, 6.45) is 1.29. The van der Waals surface area contributed by atoms with Crippen molar-refractivity contribution in [1.82, 2.24) is 0 Å². The lowest BCUT2D eigenvalue weighted by Crippen LogP contribution is -2.27. The minimum absolute atomic E-state index is 0.0776. The zero-order valence-corrected chi connectivity index (χ0v) is 24.4. The molecule has 7 heteroatoms. The fourth-order valence-corrected chi connectivity index (χ4v) is 5.94. The molecule has 3 aromatic rings. The second kappa shape index (κ2) is 11.7. The molecule has 2 atom stereocenters. The van der Waals surface area contributed by atoms with Crippen LogP contribution in [0.1, 0.15) is 63.6 Å². The van der Waals surface area contributed by atoms with E-state index in [1.165, 1.54) is 0 Å². The van der Waals surface area contributed by atoms with Crippen LogP contribution < -0.4 is 24.8 Å². The molecule has 39 heavy (non-hydrogen) atoms. The third-order valence-corrected chi connectivity index (χ3v) is 7.58. The van der Waals surface area contributed by atoms with Gasteiger partial charge in [0, 0.05) is 17.7 Å². The summed E-state index contributed by atoms with van der Waals surface area (Å²) in [5.74, 6) is 2.37. The lowest BCUT2D eigenvalue weighted by atomic mass is 9.78. The number of anilines is 2. The van der Waals surface area contributed by atoms with Gasteiger partial charge in [0.15, 0.2) is 17.3 Å². The number of allylic oxidation sites excluding steroid dienone is 1. The number of benzene rings is 3. The van der Waals surface area contributed by atoms with E-state index in [-0.39, 0.29) is 23.8 Å². The number of nitrogens with one attached hydrogen (secondary N) is 2. The monoisotopic (exact) mass is 590 g/mol. The molecule has 0 saturated carbocycles. The van der Waals surface area contributed by atoms with Crippen molar-refractivity contribution in [3.63, 3.8) is 0 Å². The molecular weight excluding hydrogens is 556 g/mol. The van der Waals surface area contributed by atoms with Crippen molar-refractivity contribution in [2.24, 2.45) is 0 Å². The van der Waals surface area contributed by atoms with Gasteiger partial charge < -0.3 is 24.8 Å². The van der Waals surface area contributed by atoms with Crippen LogP contribution in [0.3, 0.4) is 0 Å². The predicted octanol–water partition coefficient (Wildman–Crippen LogP) is 8.01. The molecule has 0 amide bonds. The van der Waals surface area contributed by atoms with Crippen LogP contribution in [0.25, 0.3) is 0 Å². The zero-order chi connectivity index (χ0) is 27.5. The van der Waals surface area contributed by atoms with Crippen LogP contribution in [-0.2, 0) is 4.79 Å². The van der Waals surface area contributed by atoms with Crippen LogP contribution in [0.4, 0.5) is 11.4 Å². The van der Waals surface area contributed by atoms with Crippen LogP contribution in [0.15, 0.2) is 76.4 Å². The maximum Gasteiger partial charge on any atom is 0.175 e. The number of ether oxygens (including phenoxy) is 3. The van der Waals surface area contributed by atoms with Gasteiger partial charge in [-0.25, -0.2) is 0 Å². The lowest BCUT2D eigenvalue weighted by molar-refractivity contribution is -0.116. The topological polar surface area (TPSA) is 68.8 Å². The van der Waals surface area contributed by atoms with Crippen LogP contribution >= 0.6 is 15.9 Å². The molecule has 0 bridgehead atoms. The fourth-order valence-electron chi connectivity index (χ4n) is 5.37.